The molecule has 0 aromatic heterocycles. The second-order valence-corrected chi connectivity index (χ2v) is 4.37. The minimum atomic E-state index is 1.14. The fraction of sp³-hybridized carbons (Fsp3) is 0.500. The molecule has 0 bridgehead atoms. The standard InChI is InChI=1S/C12H18S/c1-3-5-10-13-12-8-6-11(4-2)7-9-12/h6-9H,3-5,10H2,1-2H3. The Hall–Kier alpha value is -0.430. The largest absolute Gasteiger partial charge is 0.126 e. The molecule has 1 aromatic rings. The summed E-state index contributed by atoms with van der Waals surface area (Å²) < 4.78 is 0. The maximum atomic E-state index is 2.24. The maximum absolute atomic E-state index is 2.24. The molecule has 0 unspecified atom stereocenters. The summed E-state index contributed by atoms with van der Waals surface area (Å²) >= 11 is 1.96. The van der Waals surface area contributed by atoms with E-state index in [1.54, 1.807) is 0 Å². The van der Waals surface area contributed by atoms with Crippen LogP contribution in [0.5, 0.6) is 0 Å². The van der Waals surface area contributed by atoms with Gasteiger partial charge in [-0.25, -0.2) is 0 Å². The first-order chi connectivity index (χ1) is 6.36. The lowest BCUT2D eigenvalue weighted by Crippen LogP contribution is -1.81. The van der Waals surface area contributed by atoms with Gasteiger partial charge in [0, 0.05) is 4.90 Å². The first-order valence-electron chi connectivity index (χ1n) is 5.08. The first kappa shape index (κ1) is 10.6. The summed E-state index contributed by atoms with van der Waals surface area (Å²) in [4.78, 5) is 1.41. The Kier molecular flexibility index (Phi) is 4.99. The zero-order chi connectivity index (χ0) is 9.52. The lowest BCUT2D eigenvalue weighted by Gasteiger charge is -2.01. The number of rotatable bonds is 5. The van der Waals surface area contributed by atoms with Gasteiger partial charge < -0.3 is 0 Å². The molecule has 0 heterocycles. The van der Waals surface area contributed by atoms with E-state index in [1.165, 1.54) is 29.1 Å². The Morgan fingerprint density at radius 2 is 1.77 bits per heavy atom. The Labute approximate surface area is 85.7 Å². The predicted octanol–water partition coefficient (Wildman–Crippen LogP) is 4.14. The number of hydrogen-bond donors (Lipinski definition) is 0. The van der Waals surface area contributed by atoms with Crippen molar-refractivity contribution in [1.29, 1.82) is 0 Å². The molecule has 0 spiro atoms. The third-order valence-corrected chi connectivity index (χ3v) is 3.20. The molecular weight excluding hydrogens is 176 g/mol. The van der Waals surface area contributed by atoms with Gasteiger partial charge in [0.15, 0.2) is 0 Å². The summed E-state index contributed by atoms with van der Waals surface area (Å²) in [5, 5.41) is 0. The van der Waals surface area contributed by atoms with Gasteiger partial charge in [0.2, 0.25) is 0 Å². The molecule has 1 aromatic carbocycles. The lowest BCUT2D eigenvalue weighted by atomic mass is 10.2. The molecule has 1 rings (SSSR count). The van der Waals surface area contributed by atoms with E-state index in [2.05, 4.69) is 38.1 Å². The molecule has 13 heavy (non-hydrogen) atoms. The molecule has 1 heteroatoms. The second kappa shape index (κ2) is 6.09. The van der Waals surface area contributed by atoms with Crippen LogP contribution in [-0.4, -0.2) is 5.75 Å². The van der Waals surface area contributed by atoms with E-state index < -0.39 is 0 Å². The van der Waals surface area contributed by atoms with Gasteiger partial charge >= 0.3 is 0 Å². The van der Waals surface area contributed by atoms with Gasteiger partial charge in [-0.3, -0.25) is 0 Å². The fourth-order valence-corrected chi connectivity index (χ4v) is 2.15. The number of unbranched alkanes of at least 4 members (excludes halogenated alkanes) is 1. The predicted molar refractivity (Wildman–Crippen MR) is 61.5 cm³/mol. The molecule has 0 saturated carbocycles. The summed E-state index contributed by atoms with van der Waals surface area (Å²) in [6.45, 7) is 4.43. The van der Waals surface area contributed by atoms with Crippen LogP contribution >= 0.6 is 11.8 Å². The molecule has 0 radical (unpaired) electrons. The van der Waals surface area contributed by atoms with Crippen LogP contribution in [0, 0.1) is 0 Å². The van der Waals surface area contributed by atoms with Crippen LogP contribution in [0.3, 0.4) is 0 Å². The molecule has 0 fully saturated rings. The number of hydrogen-bond acceptors (Lipinski definition) is 1. The van der Waals surface area contributed by atoms with Crippen LogP contribution < -0.4 is 0 Å². The number of aryl methyl sites for hydroxylation is 1. The van der Waals surface area contributed by atoms with Crippen molar-refractivity contribution in [2.24, 2.45) is 0 Å². The number of thioether (sulfide) groups is 1. The van der Waals surface area contributed by atoms with Crippen molar-refractivity contribution in [1.82, 2.24) is 0 Å². The van der Waals surface area contributed by atoms with Crippen LogP contribution in [0.4, 0.5) is 0 Å². The van der Waals surface area contributed by atoms with E-state index in [9.17, 15) is 0 Å². The zero-order valence-electron chi connectivity index (χ0n) is 8.55. The van der Waals surface area contributed by atoms with Crippen LogP contribution in [0.1, 0.15) is 32.3 Å². The third kappa shape index (κ3) is 3.86. The van der Waals surface area contributed by atoms with Crippen molar-refractivity contribution in [2.75, 3.05) is 5.75 Å². The minimum Gasteiger partial charge on any atom is -0.126 e. The monoisotopic (exact) mass is 194 g/mol. The van der Waals surface area contributed by atoms with Crippen LogP contribution in [0.25, 0.3) is 0 Å². The van der Waals surface area contributed by atoms with E-state index in [0.717, 1.165) is 6.42 Å². The fourth-order valence-electron chi connectivity index (χ4n) is 1.16. The molecule has 72 valence electrons. The lowest BCUT2D eigenvalue weighted by molar-refractivity contribution is 0.896. The van der Waals surface area contributed by atoms with Crippen LogP contribution in [0.15, 0.2) is 29.2 Å². The Bertz CT molecular complexity index is 225. The van der Waals surface area contributed by atoms with E-state index in [0.29, 0.717) is 0 Å². The molecule has 0 saturated heterocycles. The highest BCUT2D eigenvalue weighted by Crippen LogP contribution is 2.19. The van der Waals surface area contributed by atoms with Gasteiger partial charge in [0.1, 0.15) is 0 Å². The molecule has 0 aliphatic carbocycles. The van der Waals surface area contributed by atoms with Crippen molar-refractivity contribution in [3.63, 3.8) is 0 Å². The normalized spacial score (nSPS) is 10.3. The first-order valence-corrected chi connectivity index (χ1v) is 6.07. The van der Waals surface area contributed by atoms with Crippen molar-refractivity contribution >= 4 is 11.8 Å². The molecule has 0 aliphatic heterocycles. The van der Waals surface area contributed by atoms with Crippen LogP contribution in [-0.2, 0) is 6.42 Å². The zero-order valence-corrected chi connectivity index (χ0v) is 9.36. The highest BCUT2D eigenvalue weighted by atomic mass is 32.2. The summed E-state index contributed by atoms with van der Waals surface area (Å²) in [6.07, 6.45) is 3.75. The summed E-state index contributed by atoms with van der Waals surface area (Å²) in [6, 6.07) is 8.93. The average Bonchev–Trinajstić information content (AvgIpc) is 2.19. The van der Waals surface area contributed by atoms with Gasteiger partial charge in [0.25, 0.3) is 0 Å². The van der Waals surface area contributed by atoms with Gasteiger partial charge in [-0.15, -0.1) is 11.8 Å². The second-order valence-electron chi connectivity index (χ2n) is 3.20. The van der Waals surface area contributed by atoms with E-state index in [1.807, 2.05) is 11.8 Å². The van der Waals surface area contributed by atoms with Gasteiger partial charge in [0.05, 0.1) is 0 Å². The van der Waals surface area contributed by atoms with Crippen molar-refractivity contribution in [2.45, 2.75) is 38.0 Å². The molecule has 0 aliphatic rings. The van der Waals surface area contributed by atoms with Crippen molar-refractivity contribution in [3.05, 3.63) is 29.8 Å². The Balaban J connectivity index is 2.40. The van der Waals surface area contributed by atoms with E-state index in [4.69, 9.17) is 0 Å². The Morgan fingerprint density at radius 1 is 1.08 bits per heavy atom. The van der Waals surface area contributed by atoms with E-state index >= 15 is 0 Å². The Morgan fingerprint density at radius 3 is 2.31 bits per heavy atom. The summed E-state index contributed by atoms with van der Waals surface area (Å²) in [5.41, 5.74) is 1.43. The smallest absolute Gasteiger partial charge is 0.00721 e. The molecular formula is C12H18S. The third-order valence-electron chi connectivity index (χ3n) is 2.10. The molecule has 0 nitrogen and oxygen atoms in total. The van der Waals surface area contributed by atoms with Crippen molar-refractivity contribution in [3.8, 4) is 0 Å². The summed E-state index contributed by atoms with van der Waals surface area (Å²) in [7, 11) is 0. The topological polar surface area (TPSA) is 0 Å². The highest BCUT2D eigenvalue weighted by Gasteiger charge is 1.93. The van der Waals surface area contributed by atoms with Crippen molar-refractivity contribution < 1.29 is 0 Å². The van der Waals surface area contributed by atoms with Gasteiger partial charge in [-0.2, -0.15) is 0 Å². The minimum absolute atomic E-state index is 1.14. The molecule has 0 N–H and O–H groups in total. The molecule has 0 atom stereocenters. The van der Waals surface area contributed by atoms with E-state index in [-0.39, 0.29) is 0 Å². The van der Waals surface area contributed by atoms with Crippen LogP contribution in [0.2, 0.25) is 0 Å². The SMILES string of the molecule is CCCCSc1ccc(CC)cc1. The van der Waals surface area contributed by atoms with Gasteiger partial charge in [-0.05, 0) is 36.3 Å². The average molecular weight is 194 g/mol. The summed E-state index contributed by atoms with van der Waals surface area (Å²) in [5.74, 6) is 1.25. The highest BCUT2D eigenvalue weighted by molar-refractivity contribution is 7.99. The number of benzene rings is 1. The molecule has 0 amide bonds. The van der Waals surface area contributed by atoms with Gasteiger partial charge in [-0.1, -0.05) is 32.4 Å². The quantitative estimate of drug-likeness (QED) is 0.501. The maximum Gasteiger partial charge on any atom is 0.00721 e.